The number of nitrogens with one attached hydrogen (secondary N) is 1. The number of halogens is 1. The normalized spacial score (nSPS) is 19.7. The summed E-state index contributed by atoms with van der Waals surface area (Å²) < 4.78 is 6.26. The molecule has 1 fully saturated rings. The fourth-order valence-electron chi connectivity index (χ4n) is 1.72. The van der Waals surface area contributed by atoms with Gasteiger partial charge in [0.05, 0.1) is 0 Å². The summed E-state index contributed by atoms with van der Waals surface area (Å²) in [7, 11) is 0. The monoisotopic (exact) mass is 283 g/mol. The van der Waals surface area contributed by atoms with E-state index in [1.165, 1.54) is 0 Å². The Morgan fingerprint density at radius 3 is 2.81 bits per heavy atom. The van der Waals surface area contributed by atoms with Gasteiger partial charge in [-0.3, -0.25) is 4.79 Å². The summed E-state index contributed by atoms with van der Waals surface area (Å²) in [5, 5.41) is 3.12. The van der Waals surface area contributed by atoms with Crippen LogP contribution in [-0.2, 0) is 16.1 Å². The third kappa shape index (κ3) is 3.06. The molecule has 1 saturated heterocycles. The van der Waals surface area contributed by atoms with Gasteiger partial charge in [-0.25, -0.2) is 0 Å². The van der Waals surface area contributed by atoms with Crippen LogP contribution in [0.5, 0.6) is 0 Å². The second kappa shape index (κ2) is 5.46. The van der Waals surface area contributed by atoms with Gasteiger partial charge in [0.1, 0.15) is 12.6 Å². The van der Waals surface area contributed by atoms with Crippen LogP contribution in [-0.4, -0.2) is 18.6 Å². The topological polar surface area (TPSA) is 38.3 Å². The van der Waals surface area contributed by atoms with Crippen molar-refractivity contribution in [1.29, 1.82) is 0 Å². The van der Waals surface area contributed by atoms with Crippen molar-refractivity contribution in [3.8, 4) is 0 Å². The van der Waals surface area contributed by atoms with Crippen LogP contribution < -0.4 is 5.32 Å². The van der Waals surface area contributed by atoms with E-state index in [0.29, 0.717) is 6.61 Å². The lowest BCUT2D eigenvalue weighted by Gasteiger charge is -2.10. The van der Waals surface area contributed by atoms with E-state index >= 15 is 0 Å². The van der Waals surface area contributed by atoms with Gasteiger partial charge in [-0.15, -0.1) is 0 Å². The molecule has 16 heavy (non-hydrogen) atoms. The summed E-state index contributed by atoms with van der Waals surface area (Å²) in [5.41, 5.74) is 1.01. The quantitative estimate of drug-likeness (QED) is 0.865. The smallest absolute Gasteiger partial charge is 0.323 e. The Labute approximate surface area is 103 Å². The van der Waals surface area contributed by atoms with Crippen LogP contribution in [0.2, 0.25) is 0 Å². The van der Waals surface area contributed by atoms with Gasteiger partial charge in [-0.05, 0) is 37.1 Å². The molecule has 4 heteroatoms. The molecule has 2 rings (SSSR count). The summed E-state index contributed by atoms with van der Waals surface area (Å²) in [6.45, 7) is 1.27. The lowest BCUT2D eigenvalue weighted by molar-refractivity contribution is -0.147. The first-order valence-electron chi connectivity index (χ1n) is 5.40. The van der Waals surface area contributed by atoms with E-state index in [-0.39, 0.29) is 12.0 Å². The Balaban J connectivity index is 1.82. The number of hydrogen-bond acceptors (Lipinski definition) is 3. The summed E-state index contributed by atoms with van der Waals surface area (Å²) in [6.07, 6.45) is 1.94. The molecule has 1 aromatic carbocycles. The molecule has 0 aromatic heterocycles. The Kier molecular flexibility index (Phi) is 3.96. The van der Waals surface area contributed by atoms with E-state index in [9.17, 15) is 4.79 Å². The molecule has 0 radical (unpaired) electrons. The maximum Gasteiger partial charge on any atom is 0.323 e. The summed E-state index contributed by atoms with van der Waals surface area (Å²) in [5.74, 6) is -0.139. The Hall–Kier alpha value is -0.870. The van der Waals surface area contributed by atoms with E-state index in [4.69, 9.17) is 4.74 Å². The highest BCUT2D eigenvalue weighted by Gasteiger charge is 2.23. The van der Waals surface area contributed by atoms with Crippen LogP contribution in [0.4, 0.5) is 0 Å². The van der Waals surface area contributed by atoms with Crippen LogP contribution in [0.3, 0.4) is 0 Å². The van der Waals surface area contributed by atoms with Gasteiger partial charge in [0.25, 0.3) is 0 Å². The van der Waals surface area contributed by atoms with Gasteiger partial charge in [0.15, 0.2) is 0 Å². The number of esters is 1. The third-order valence-electron chi connectivity index (χ3n) is 2.64. The molecule has 3 nitrogen and oxygen atoms in total. The molecule has 0 amide bonds. The van der Waals surface area contributed by atoms with E-state index in [1.54, 1.807) is 0 Å². The van der Waals surface area contributed by atoms with Crippen LogP contribution in [0.25, 0.3) is 0 Å². The lowest BCUT2D eigenvalue weighted by atomic mass is 10.2. The van der Waals surface area contributed by atoms with E-state index in [0.717, 1.165) is 29.4 Å². The minimum Gasteiger partial charge on any atom is -0.460 e. The van der Waals surface area contributed by atoms with Gasteiger partial charge in [-0.2, -0.15) is 0 Å². The van der Waals surface area contributed by atoms with Gasteiger partial charge >= 0.3 is 5.97 Å². The van der Waals surface area contributed by atoms with Crippen molar-refractivity contribution in [2.24, 2.45) is 0 Å². The molecular formula is C12H14BrNO2. The van der Waals surface area contributed by atoms with Gasteiger partial charge in [0, 0.05) is 4.47 Å². The Morgan fingerprint density at radius 1 is 1.44 bits per heavy atom. The zero-order valence-corrected chi connectivity index (χ0v) is 10.5. The largest absolute Gasteiger partial charge is 0.460 e. The van der Waals surface area contributed by atoms with Crippen LogP contribution in [0.15, 0.2) is 28.7 Å². The van der Waals surface area contributed by atoms with Crippen molar-refractivity contribution < 1.29 is 9.53 Å². The number of hydrogen-bond donors (Lipinski definition) is 1. The second-order valence-corrected chi connectivity index (χ2v) is 4.80. The lowest BCUT2D eigenvalue weighted by Crippen LogP contribution is -2.32. The van der Waals surface area contributed by atoms with E-state index in [2.05, 4.69) is 21.2 Å². The van der Waals surface area contributed by atoms with Crippen LogP contribution >= 0.6 is 15.9 Å². The molecule has 1 heterocycles. The zero-order valence-electron chi connectivity index (χ0n) is 8.91. The summed E-state index contributed by atoms with van der Waals surface area (Å²) >= 11 is 3.36. The molecule has 1 N–H and O–H groups in total. The Bertz CT molecular complexity index is 358. The summed E-state index contributed by atoms with van der Waals surface area (Å²) in [6, 6.07) is 7.67. The average molecular weight is 284 g/mol. The number of carbonyl (C=O) groups excluding carboxylic acids is 1. The molecule has 0 saturated carbocycles. The molecule has 1 aliphatic heterocycles. The minimum absolute atomic E-state index is 0.101. The summed E-state index contributed by atoms with van der Waals surface area (Å²) in [4.78, 5) is 11.6. The molecule has 0 bridgehead atoms. The molecule has 86 valence electrons. The maximum absolute atomic E-state index is 11.6. The van der Waals surface area contributed by atoms with Gasteiger partial charge < -0.3 is 10.1 Å². The van der Waals surface area contributed by atoms with Crippen molar-refractivity contribution in [2.45, 2.75) is 25.5 Å². The number of ether oxygens (including phenoxy) is 1. The molecule has 1 aromatic rings. The number of rotatable bonds is 3. The highest BCUT2D eigenvalue weighted by atomic mass is 79.9. The van der Waals surface area contributed by atoms with Crippen molar-refractivity contribution in [1.82, 2.24) is 5.32 Å². The molecule has 1 atom stereocenters. The van der Waals surface area contributed by atoms with Gasteiger partial charge in [-0.1, -0.05) is 28.1 Å². The van der Waals surface area contributed by atoms with Crippen molar-refractivity contribution >= 4 is 21.9 Å². The standard InChI is InChI=1S/C12H14BrNO2/c13-10-5-3-9(4-6-10)8-16-12(15)11-2-1-7-14-11/h3-6,11,14H,1-2,7-8H2. The molecule has 0 spiro atoms. The second-order valence-electron chi connectivity index (χ2n) is 3.88. The molecule has 0 aliphatic carbocycles. The van der Waals surface area contributed by atoms with Crippen LogP contribution in [0.1, 0.15) is 18.4 Å². The number of carbonyl (C=O) groups is 1. The number of benzene rings is 1. The highest BCUT2D eigenvalue weighted by molar-refractivity contribution is 9.10. The predicted octanol–water partition coefficient (Wildman–Crippen LogP) is 2.24. The molecule has 1 unspecified atom stereocenters. The molecular weight excluding hydrogens is 270 g/mol. The fraction of sp³-hybridized carbons (Fsp3) is 0.417. The first-order valence-corrected chi connectivity index (χ1v) is 6.19. The highest BCUT2D eigenvalue weighted by Crippen LogP contribution is 2.12. The molecule has 1 aliphatic rings. The fourth-order valence-corrected chi connectivity index (χ4v) is 1.99. The van der Waals surface area contributed by atoms with Crippen molar-refractivity contribution in [2.75, 3.05) is 6.54 Å². The Morgan fingerprint density at radius 2 is 2.19 bits per heavy atom. The maximum atomic E-state index is 11.6. The van der Waals surface area contributed by atoms with Gasteiger partial charge in [0.2, 0.25) is 0 Å². The average Bonchev–Trinajstić information content (AvgIpc) is 2.81. The van der Waals surface area contributed by atoms with Crippen molar-refractivity contribution in [3.05, 3.63) is 34.3 Å². The first-order chi connectivity index (χ1) is 7.75. The van der Waals surface area contributed by atoms with E-state index < -0.39 is 0 Å². The first kappa shape index (κ1) is 11.6. The zero-order chi connectivity index (χ0) is 11.4. The van der Waals surface area contributed by atoms with E-state index in [1.807, 2.05) is 24.3 Å². The predicted molar refractivity (Wildman–Crippen MR) is 65.0 cm³/mol. The SMILES string of the molecule is O=C(OCc1ccc(Br)cc1)C1CCCN1. The van der Waals surface area contributed by atoms with Crippen LogP contribution in [0, 0.1) is 0 Å². The minimum atomic E-state index is -0.139. The van der Waals surface area contributed by atoms with Crippen molar-refractivity contribution in [3.63, 3.8) is 0 Å². The third-order valence-corrected chi connectivity index (χ3v) is 3.17.